The summed E-state index contributed by atoms with van der Waals surface area (Å²) in [4.78, 5) is 18.8. The largest absolute Gasteiger partial charge is 0.416 e. The van der Waals surface area contributed by atoms with E-state index in [0.717, 1.165) is 11.1 Å². The molecule has 138 valence electrons. The minimum Gasteiger partial charge on any atom is -0.296 e. The zero-order valence-corrected chi connectivity index (χ0v) is 15.1. The smallest absolute Gasteiger partial charge is 0.296 e. The Morgan fingerprint density at radius 3 is 2.65 bits per heavy atom. The summed E-state index contributed by atoms with van der Waals surface area (Å²) in [6.45, 7) is 2.30. The maximum atomic E-state index is 13.1. The van der Waals surface area contributed by atoms with Crippen LogP contribution in [0.4, 0.5) is 13.2 Å². The van der Waals surface area contributed by atoms with Crippen LogP contribution in [0.1, 0.15) is 28.8 Å². The van der Waals surface area contributed by atoms with Crippen molar-refractivity contribution in [2.45, 2.75) is 32.6 Å². The summed E-state index contributed by atoms with van der Waals surface area (Å²) in [5.41, 5.74) is -0.241. The molecule has 26 heavy (non-hydrogen) atoms. The van der Waals surface area contributed by atoms with Crippen molar-refractivity contribution in [2.75, 3.05) is 7.05 Å². The molecule has 0 saturated carbocycles. The summed E-state index contributed by atoms with van der Waals surface area (Å²) < 4.78 is 40.6. The molecular weight excluding hydrogens is 365 g/mol. The van der Waals surface area contributed by atoms with E-state index in [9.17, 15) is 18.0 Å². The van der Waals surface area contributed by atoms with Gasteiger partial charge >= 0.3 is 6.18 Å². The molecule has 0 N–H and O–H groups in total. The summed E-state index contributed by atoms with van der Waals surface area (Å²) in [7, 11) is 1.70. The fraction of sp³-hybridized carbons (Fsp3) is 0.353. The van der Waals surface area contributed by atoms with Gasteiger partial charge in [-0.15, -0.1) is 0 Å². The lowest BCUT2D eigenvalue weighted by atomic mass is 10.1. The second-order valence-electron chi connectivity index (χ2n) is 5.96. The Morgan fingerprint density at radius 1 is 1.23 bits per heavy atom. The first-order valence-corrected chi connectivity index (χ1v) is 8.82. The summed E-state index contributed by atoms with van der Waals surface area (Å²) in [6.07, 6.45) is -3.69. The molecule has 0 fully saturated rings. The van der Waals surface area contributed by atoms with E-state index in [1.165, 1.54) is 34.1 Å². The summed E-state index contributed by atoms with van der Waals surface area (Å²) >= 11 is 1.34. The monoisotopic (exact) mass is 382 g/mol. The van der Waals surface area contributed by atoms with Gasteiger partial charge in [0.1, 0.15) is 5.01 Å². The van der Waals surface area contributed by atoms with Crippen LogP contribution in [-0.2, 0) is 25.7 Å². The number of fused-ring (bicyclic) bond motifs is 1. The Bertz CT molecular complexity index is 980. The molecule has 0 aliphatic carbocycles. The average Bonchev–Trinajstić information content (AvgIpc) is 2.98. The molecule has 0 unspecified atom stereocenters. The molecule has 0 radical (unpaired) electrons. The number of hydrogen-bond acceptors (Lipinski definition) is 5. The van der Waals surface area contributed by atoms with Gasteiger partial charge < -0.3 is 0 Å². The molecule has 0 atom stereocenters. The fourth-order valence-electron chi connectivity index (χ4n) is 2.68. The Morgan fingerprint density at radius 2 is 1.96 bits per heavy atom. The summed E-state index contributed by atoms with van der Waals surface area (Å²) in [6, 6.07) is 6.86. The summed E-state index contributed by atoms with van der Waals surface area (Å²) in [5, 5.41) is 4.98. The molecule has 1 aromatic carbocycles. The zero-order valence-electron chi connectivity index (χ0n) is 14.2. The van der Waals surface area contributed by atoms with Crippen molar-refractivity contribution in [3.63, 3.8) is 0 Å². The number of aromatic nitrogens is 3. The highest BCUT2D eigenvalue weighted by molar-refractivity contribution is 7.16. The van der Waals surface area contributed by atoms with Crippen LogP contribution in [0.3, 0.4) is 0 Å². The van der Waals surface area contributed by atoms with Crippen LogP contribution in [0.2, 0.25) is 0 Å². The SMILES string of the molecule is CCc1nn2c(=O)cc(CN(C)Cc3ccccc3C(F)(F)F)nc2s1. The third-order valence-electron chi connectivity index (χ3n) is 3.84. The maximum absolute atomic E-state index is 13.1. The van der Waals surface area contributed by atoms with E-state index in [4.69, 9.17) is 0 Å². The van der Waals surface area contributed by atoms with E-state index in [1.807, 2.05) is 6.92 Å². The highest BCUT2D eigenvalue weighted by Gasteiger charge is 2.33. The van der Waals surface area contributed by atoms with Crippen LogP contribution >= 0.6 is 11.3 Å². The van der Waals surface area contributed by atoms with Gasteiger partial charge in [-0.1, -0.05) is 36.5 Å². The lowest BCUT2D eigenvalue weighted by Gasteiger charge is -2.19. The van der Waals surface area contributed by atoms with Gasteiger partial charge in [-0.2, -0.15) is 22.8 Å². The van der Waals surface area contributed by atoms with Crippen LogP contribution in [0.25, 0.3) is 4.96 Å². The van der Waals surface area contributed by atoms with Crippen molar-refractivity contribution in [2.24, 2.45) is 0 Å². The van der Waals surface area contributed by atoms with Crippen molar-refractivity contribution < 1.29 is 13.2 Å². The predicted octanol–water partition coefficient (Wildman–Crippen LogP) is 3.36. The van der Waals surface area contributed by atoms with Gasteiger partial charge in [-0.25, -0.2) is 4.98 Å². The molecule has 2 heterocycles. The highest BCUT2D eigenvalue weighted by atomic mass is 32.1. The minimum atomic E-state index is -4.40. The number of alkyl halides is 3. The lowest BCUT2D eigenvalue weighted by Crippen LogP contribution is -2.23. The topological polar surface area (TPSA) is 50.5 Å². The van der Waals surface area contributed by atoms with Crippen LogP contribution in [0, 0.1) is 0 Å². The summed E-state index contributed by atoms with van der Waals surface area (Å²) in [5.74, 6) is 0. The minimum absolute atomic E-state index is 0.0969. The first-order chi connectivity index (χ1) is 12.3. The van der Waals surface area contributed by atoms with E-state index < -0.39 is 11.7 Å². The third-order valence-corrected chi connectivity index (χ3v) is 4.89. The van der Waals surface area contributed by atoms with Crippen molar-refractivity contribution in [1.29, 1.82) is 0 Å². The van der Waals surface area contributed by atoms with Gasteiger partial charge in [-0.3, -0.25) is 9.69 Å². The molecule has 3 aromatic rings. The molecule has 0 aliphatic rings. The number of rotatable bonds is 5. The van der Waals surface area contributed by atoms with Gasteiger partial charge in [0.2, 0.25) is 4.96 Å². The van der Waals surface area contributed by atoms with E-state index in [1.54, 1.807) is 18.0 Å². The Kier molecular flexibility index (Phi) is 5.10. The van der Waals surface area contributed by atoms with E-state index >= 15 is 0 Å². The van der Waals surface area contributed by atoms with Crippen LogP contribution in [0.15, 0.2) is 35.1 Å². The maximum Gasteiger partial charge on any atom is 0.416 e. The number of nitrogens with zero attached hydrogens (tertiary/aromatic N) is 4. The molecule has 0 spiro atoms. The van der Waals surface area contributed by atoms with Crippen molar-refractivity contribution in [3.8, 4) is 0 Å². The molecule has 0 amide bonds. The molecule has 3 rings (SSSR count). The van der Waals surface area contributed by atoms with Gasteiger partial charge in [0.15, 0.2) is 0 Å². The molecule has 0 saturated heterocycles. The van der Waals surface area contributed by atoms with E-state index in [0.29, 0.717) is 17.1 Å². The Hall–Kier alpha value is -2.26. The third kappa shape index (κ3) is 3.94. The standard InChI is InChI=1S/C17H17F3N4OS/c1-3-14-22-24-15(25)8-12(21-16(24)26-14)10-23(2)9-11-6-4-5-7-13(11)17(18,19)20/h4-8H,3,9-10H2,1-2H3. The lowest BCUT2D eigenvalue weighted by molar-refractivity contribution is -0.138. The molecule has 2 aromatic heterocycles. The fourth-order valence-corrected chi connectivity index (χ4v) is 3.54. The second-order valence-corrected chi connectivity index (χ2v) is 7.00. The average molecular weight is 382 g/mol. The van der Waals surface area contributed by atoms with Gasteiger partial charge in [-0.05, 0) is 25.1 Å². The van der Waals surface area contributed by atoms with Crippen molar-refractivity contribution >= 4 is 16.3 Å². The predicted molar refractivity (Wildman–Crippen MR) is 93.1 cm³/mol. The van der Waals surface area contributed by atoms with Crippen molar-refractivity contribution in [1.82, 2.24) is 19.5 Å². The molecular formula is C17H17F3N4OS. The number of aryl methyl sites for hydroxylation is 1. The normalized spacial score (nSPS) is 12.2. The van der Waals surface area contributed by atoms with Crippen molar-refractivity contribution in [3.05, 3.63) is 62.5 Å². The van der Waals surface area contributed by atoms with Crippen LogP contribution in [-0.4, -0.2) is 26.5 Å². The van der Waals surface area contributed by atoms with Gasteiger partial charge in [0.25, 0.3) is 5.56 Å². The first-order valence-electron chi connectivity index (χ1n) is 8.00. The number of hydrogen-bond donors (Lipinski definition) is 0. The number of benzene rings is 1. The van der Waals surface area contributed by atoms with E-state index in [-0.39, 0.29) is 24.2 Å². The molecule has 5 nitrogen and oxygen atoms in total. The molecule has 9 heteroatoms. The quantitative estimate of drug-likeness (QED) is 0.679. The second kappa shape index (κ2) is 7.16. The van der Waals surface area contributed by atoms with Gasteiger partial charge in [0, 0.05) is 19.2 Å². The number of halogens is 3. The van der Waals surface area contributed by atoms with Crippen LogP contribution < -0.4 is 5.56 Å². The van der Waals surface area contributed by atoms with Gasteiger partial charge in [0.05, 0.1) is 11.3 Å². The van der Waals surface area contributed by atoms with E-state index in [2.05, 4.69) is 10.1 Å². The van der Waals surface area contributed by atoms with Crippen LogP contribution in [0.5, 0.6) is 0 Å². The molecule has 0 aliphatic heterocycles. The first kappa shape index (κ1) is 18.5. The Labute approximate surface area is 151 Å². The Balaban J connectivity index is 1.82. The molecule has 0 bridgehead atoms. The zero-order chi connectivity index (χ0) is 18.9. The highest BCUT2D eigenvalue weighted by Crippen LogP contribution is 2.32.